The number of carbonyl (C=O) groups excluding carboxylic acids is 1. The highest BCUT2D eigenvalue weighted by molar-refractivity contribution is 5.94. The SMILES string of the molecule is CN1CCC(c2ccccc2)(N2CCN(C(=O)c3ccccc3F)CC2)CC1. The highest BCUT2D eigenvalue weighted by Crippen LogP contribution is 2.39. The second-order valence-electron chi connectivity index (χ2n) is 7.96. The van der Waals surface area contributed by atoms with E-state index in [1.54, 1.807) is 23.1 Å². The maximum absolute atomic E-state index is 14.0. The number of likely N-dealkylation sites (tertiary alicyclic amines) is 1. The summed E-state index contributed by atoms with van der Waals surface area (Å²) in [6.45, 7) is 5.05. The van der Waals surface area contributed by atoms with Crippen LogP contribution in [0.5, 0.6) is 0 Å². The van der Waals surface area contributed by atoms with Crippen molar-refractivity contribution in [2.24, 2.45) is 0 Å². The number of benzene rings is 2. The lowest BCUT2D eigenvalue weighted by atomic mass is 9.79. The average Bonchev–Trinajstić information content (AvgIpc) is 2.75. The molecule has 1 amide bonds. The molecule has 2 aromatic rings. The summed E-state index contributed by atoms with van der Waals surface area (Å²) in [5.41, 5.74) is 1.57. The van der Waals surface area contributed by atoms with E-state index in [2.05, 4.69) is 47.2 Å². The van der Waals surface area contributed by atoms with Crippen LogP contribution in [0.4, 0.5) is 4.39 Å². The Kier molecular flexibility index (Phi) is 5.47. The van der Waals surface area contributed by atoms with Crippen molar-refractivity contribution in [3.63, 3.8) is 0 Å². The Morgan fingerprint density at radius 2 is 1.46 bits per heavy atom. The molecule has 0 spiro atoms. The van der Waals surface area contributed by atoms with Gasteiger partial charge in [-0.15, -0.1) is 0 Å². The molecule has 0 radical (unpaired) electrons. The molecular weight excluding hydrogens is 353 g/mol. The molecular formula is C23H28FN3O. The maximum Gasteiger partial charge on any atom is 0.256 e. The van der Waals surface area contributed by atoms with Crippen molar-refractivity contribution in [2.45, 2.75) is 18.4 Å². The summed E-state index contributed by atoms with van der Waals surface area (Å²) in [5, 5.41) is 0. The van der Waals surface area contributed by atoms with Gasteiger partial charge in [0, 0.05) is 31.7 Å². The van der Waals surface area contributed by atoms with Crippen molar-refractivity contribution in [1.29, 1.82) is 0 Å². The molecule has 0 aromatic heterocycles. The van der Waals surface area contributed by atoms with E-state index >= 15 is 0 Å². The molecule has 0 unspecified atom stereocenters. The molecule has 0 aliphatic carbocycles. The first-order chi connectivity index (χ1) is 13.6. The Bertz CT molecular complexity index is 810. The minimum Gasteiger partial charge on any atom is -0.336 e. The zero-order valence-corrected chi connectivity index (χ0v) is 16.5. The molecule has 2 aliphatic heterocycles. The lowest BCUT2D eigenvalue weighted by molar-refractivity contribution is -0.00762. The number of carbonyl (C=O) groups is 1. The quantitative estimate of drug-likeness (QED) is 0.817. The van der Waals surface area contributed by atoms with E-state index in [9.17, 15) is 9.18 Å². The van der Waals surface area contributed by atoms with Crippen molar-refractivity contribution in [1.82, 2.24) is 14.7 Å². The first kappa shape index (κ1) is 19.1. The van der Waals surface area contributed by atoms with Gasteiger partial charge in [0.05, 0.1) is 5.56 Å². The van der Waals surface area contributed by atoms with Gasteiger partial charge in [0.15, 0.2) is 0 Å². The molecule has 5 heteroatoms. The third-order valence-electron chi connectivity index (χ3n) is 6.40. The molecule has 148 valence electrons. The van der Waals surface area contributed by atoms with E-state index in [0.29, 0.717) is 13.1 Å². The number of piperidine rings is 1. The van der Waals surface area contributed by atoms with Gasteiger partial charge in [-0.1, -0.05) is 42.5 Å². The van der Waals surface area contributed by atoms with Crippen molar-refractivity contribution >= 4 is 5.91 Å². The van der Waals surface area contributed by atoms with Crippen molar-refractivity contribution in [2.75, 3.05) is 46.3 Å². The molecule has 2 aliphatic rings. The van der Waals surface area contributed by atoms with Crippen LogP contribution in [0.2, 0.25) is 0 Å². The molecule has 28 heavy (non-hydrogen) atoms. The van der Waals surface area contributed by atoms with Crippen LogP contribution >= 0.6 is 0 Å². The predicted octanol–water partition coefficient (Wildman–Crippen LogP) is 3.20. The topological polar surface area (TPSA) is 26.8 Å². The van der Waals surface area contributed by atoms with Gasteiger partial charge in [-0.3, -0.25) is 9.69 Å². The van der Waals surface area contributed by atoms with Gasteiger partial charge >= 0.3 is 0 Å². The van der Waals surface area contributed by atoms with E-state index in [0.717, 1.165) is 39.0 Å². The zero-order chi connectivity index (χ0) is 19.6. The van der Waals surface area contributed by atoms with E-state index in [-0.39, 0.29) is 17.0 Å². The Hall–Kier alpha value is -2.24. The minimum atomic E-state index is -0.439. The summed E-state index contributed by atoms with van der Waals surface area (Å²) in [5.74, 6) is -0.638. The van der Waals surface area contributed by atoms with E-state index in [1.165, 1.54) is 11.6 Å². The Morgan fingerprint density at radius 1 is 0.857 bits per heavy atom. The van der Waals surface area contributed by atoms with Crippen LogP contribution in [-0.4, -0.2) is 66.9 Å². The monoisotopic (exact) mass is 381 g/mol. The summed E-state index contributed by atoms with van der Waals surface area (Å²) < 4.78 is 14.0. The fraction of sp³-hybridized carbons (Fsp3) is 0.435. The van der Waals surface area contributed by atoms with Crippen LogP contribution in [0.3, 0.4) is 0 Å². The Labute approximate surface area is 166 Å². The van der Waals surface area contributed by atoms with Crippen LogP contribution in [0.25, 0.3) is 0 Å². The second-order valence-corrected chi connectivity index (χ2v) is 7.96. The van der Waals surface area contributed by atoms with E-state index in [4.69, 9.17) is 0 Å². The Morgan fingerprint density at radius 3 is 2.11 bits per heavy atom. The molecule has 0 bridgehead atoms. The maximum atomic E-state index is 14.0. The molecule has 4 nitrogen and oxygen atoms in total. The zero-order valence-electron chi connectivity index (χ0n) is 16.5. The largest absolute Gasteiger partial charge is 0.336 e. The van der Waals surface area contributed by atoms with Gasteiger partial charge in [0.1, 0.15) is 5.82 Å². The number of piperazine rings is 1. The van der Waals surface area contributed by atoms with Gasteiger partial charge in [-0.25, -0.2) is 4.39 Å². The van der Waals surface area contributed by atoms with E-state index < -0.39 is 5.82 Å². The third-order valence-corrected chi connectivity index (χ3v) is 6.40. The predicted molar refractivity (Wildman–Crippen MR) is 109 cm³/mol. The van der Waals surface area contributed by atoms with Gasteiger partial charge in [0.25, 0.3) is 5.91 Å². The third kappa shape index (κ3) is 3.56. The van der Waals surface area contributed by atoms with Gasteiger partial charge < -0.3 is 9.80 Å². The summed E-state index contributed by atoms with van der Waals surface area (Å²) in [6, 6.07) is 17.0. The van der Waals surface area contributed by atoms with Crippen molar-refractivity contribution in [3.8, 4) is 0 Å². The molecule has 0 saturated carbocycles. The van der Waals surface area contributed by atoms with Crippen molar-refractivity contribution in [3.05, 3.63) is 71.5 Å². The fourth-order valence-electron chi connectivity index (χ4n) is 4.67. The first-order valence-electron chi connectivity index (χ1n) is 10.1. The van der Waals surface area contributed by atoms with Gasteiger partial charge in [-0.05, 0) is 50.7 Å². The second kappa shape index (κ2) is 8.02. The molecule has 2 heterocycles. The van der Waals surface area contributed by atoms with Crippen LogP contribution in [0, 0.1) is 5.82 Å². The van der Waals surface area contributed by atoms with Crippen LogP contribution in [-0.2, 0) is 5.54 Å². The average molecular weight is 381 g/mol. The highest BCUT2D eigenvalue weighted by Gasteiger charge is 2.42. The number of hydrogen-bond donors (Lipinski definition) is 0. The summed E-state index contributed by atoms with van der Waals surface area (Å²) >= 11 is 0. The summed E-state index contributed by atoms with van der Waals surface area (Å²) in [6.07, 6.45) is 2.18. The molecule has 0 N–H and O–H groups in total. The molecule has 2 aromatic carbocycles. The van der Waals surface area contributed by atoms with Crippen LogP contribution in [0.15, 0.2) is 54.6 Å². The van der Waals surface area contributed by atoms with Gasteiger partial charge in [-0.2, -0.15) is 0 Å². The normalized spacial score (nSPS) is 20.9. The highest BCUT2D eigenvalue weighted by atomic mass is 19.1. The Balaban J connectivity index is 1.51. The van der Waals surface area contributed by atoms with Crippen LogP contribution < -0.4 is 0 Å². The summed E-state index contributed by atoms with van der Waals surface area (Å²) in [7, 11) is 2.18. The lowest BCUT2D eigenvalue weighted by Gasteiger charge is -2.51. The molecule has 0 atom stereocenters. The smallest absolute Gasteiger partial charge is 0.256 e. The summed E-state index contributed by atoms with van der Waals surface area (Å²) in [4.78, 5) is 19.5. The minimum absolute atomic E-state index is 0.0287. The number of halogens is 1. The molecule has 2 fully saturated rings. The van der Waals surface area contributed by atoms with Gasteiger partial charge in [0.2, 0.25) is 0 Å². The lowest BCUT2D eigenvalue weighted by Crippen LogP contribution is -2.59. The molecule has 4 rings (SSSR count). The first-order valence-corrected chi connectivity index (χ1v) is 10.1. The van der Waals surface area contributed by atoms with E-state index in [1.807, 2.05) is 0 Å². The van der Waals surface area contributed by atoms with Crippen LogP contribution in [0.1, 0.15) is 28.8 Å². The van der Waals surface area contributed by atoms with Crippen molar-refractivity contribution < 1.29 is 9.18 Å². The molecule has 2 saturated heterocycles. The number of hydrogen-bond acceptors (Lipinski definition) is 3. The number of rotatable bonds is 3. The fourth-order valence-corrected chi connectivity index (χ4v) is 4.67. The number of amides is 1. The standard InChI is InChI=1S/C23H28FN3O/c1-25-13-11-23(12-14-25,19-7-3-2-4-8-19)27-17-15-26(16-18-27)22(28)20-9-5-6-10-21(20)24/h2-10H,11-18H2,1H3. The number of nitrogens with zero attached hydrogens (tertiary/aromatic N) is 3.